The van der Waals surface area contributed by atoms with Crippen molar-refractivity contribution in [2.75, 3.05) is 26.2 Å². The first-order valence-electron chi connectivity index (χ1n) is 9.43. The molecule has 28 heavy (non-hydrogen) atoms. The highest BCUT2D eigenvalue weighted by Gasteiger charge is 2.30. The monoisotopic (exact) mass is 405 g/mol. The van der Waals surface area contributed by atoms with Gasteiger partial charge in [-0.3, -0.25) is 4.79 Å². The third kappa shape index (κ3) is 4.25. The van der Waals surface area contributed by atoms with E-state index in [4.69, 9.17) is 0 Å². The summed E-state index contributed by atoms with van der Waals surface area (Å²) < 4.78 is 28.8. The Morgan fingerprint density at radius 1 is 1.07 bits per heavy atom. The van der Waals surface area contributed by atoms with Crippen molar-refractivity contribution in [1.29, 1.82) is 0 Å². The van der Waals surface area contributed by atoms with E-state index in [1.807, 2.05) is 27.7 Å². The van der Waals surface area contributed by atoms with Gasteiger partial charge in [0.1, 0.15) is 11.6 Å². The van der Waals surface area contributed by atoms with E-state index in [2.05, 4.69) is 10.1 Å². The highest BCUT2D eigenvalue weighted by molar-refractivity contribution is 7.89. The van der Waals surface area contributed by atoms with E-state index in [9.17, 15) is 13.2 Å². The number of aryl methyl sites for hydroxylation is 3. The molecule has 0 bridgehead atoms. The van der Waals surface area contributed by atoms with Crippen LogP contribution in [0, 0.1) is 20.8 Å². The van der Waals surface area contributed by atoms with Crippen LogP contribution >= 0.6 is 0 Å². The van der Waals surface area contributed by atoms with Crippen LogP contribution in [-0.4, -0.2) is 64.5 Å². The Kier molecular flexibility index (Phi) is 5.85. The Morgan fingerprint density at radius 3 is 2.21 bits per heavy atom. The standard InChI is InChI=1S/C19H27N5O3S/c1-14-5-7-18(8-6-14)28(26,27)23-11-9-22(10-12-23)19(25)13-15(2)24-17(4)20-16(3)21-24/h5-8,15H,9-13H2,1-4H3. The van der Waals surface area contributed by atoms with Gasteiger partial charge in [-0.25, -0.2) is 18.1 Å². The second-order valence-electron chi connectivity index (χ2n) is 7.30. The summed E-state index contributed by atoms with van der Waals surface area (Å²) >= 11 is 0. The summed E-state index contributed by atoms with van der Waals surface area (Å²) in [6.45, 7) is 8.95. The average molecular weight is 406 g/mol. The van der Waals surface area contributed by atoms with E-state index in [0.717, 1.165) is 11.4 Å². The predicted octanol–water partition coefficient (Wildman–Crippen LogP) is 1.69. The van der Waals surface area contributed by atoms with Gasteiger partial charge in [0.05, 0.1) is 10.9 Å². The van der Waals surface area contributed by atoms with E-state index in [-0.39, 0.29) is 11.9 Å². The largest absolute Gasteiger partial charge is 0.340 e. The molecule has 1 aromatic heterocycles. The van der Waals surface area contributed by atoms with E-state index < -0.39 is 10.0 Å². The Balaban J connectivity index is 1.59. The molecule has 2 aromatic rings. The summed E-state index contributed by atoms with van der Waals surface area (Å²) in [7, 11) is -3.52. The van der Waals surface area contributed by atoms with E-state index >= 15 is 0 Å². The lowest BCUT2D eigenvalue weighted by atomic mass is 10.2. The normalized spacial score (nSPS) is 16.9. The quantitative estimate of drug-likeness (QED) is 0.755. The van der Waals surface area contributed by atoms with Crippen molar-refractivity contribution < 1.29 is 13.2 Å². The molecule has 9 heteroatoms. The van der Waals surface area contributed by atoms with Crippen LogP contribution in [0.25, 0.3) is 0 Å². The average Bonchev–Trinajstić information content (AvgIpc) is 3.00. The van der Waals surface area contributed by atoms with Crippen molar-refractivity contribution in [2.45, 2.75) is 45.1 Å². The van der Waals surface area contributed by atoms with Crippen LogP contribution < -0.4 is 0 Å². The second-order valence-corrected chi connectivity index (χ2v) is 9.24. The molecule has 1 aliphatic rings. The van der Waals surface area contributed by atoms with Gasteiger partial charge >= 0.3 is 0 Å². The van der Waals surface area contributed by atoms with Crippen molar-refractivity contribution in [3.05, 3.63) is 41.5 Å². The first kappa shape index (κ1) is 20.5. The number of hydrogen-bond donors (Lipinski definition) is 0. The number of carbonyl (C=O) groups excluding carboxylic acids is 1. The Labute approximate surface area is 166 Å². The minimum Gasteiger partial charge on any atom is -0.340 e. The summed E-state index contributed by atoms with van der Waals surface area (Å²) in [5.41, 5.74) is 1.02. The summed E-state index contributed by atoms with van der Waals surface area (Å²) in [6.07, 6.45) is 0.314. The van der Waals surface area contributed by atoms with E-state index in [1.165, 1.54) is 4.31 Å². The van der Waals surface area contributed by atoms with Gasteiger partial charge in [-0.05, 0) is 39.8 Å². The third-order valence-corrected chi connectivity index (χ3v) is 6.96. The molecule has 0 saturated carbocycles. The lowest BCUT2D eigenvalue weighted by Gasteiger charge is -2.34. The van der Waals surface area contributed by atoms with Crippen molar-refractivity contribution in [3.8, 4) is 0 Å². The lowest BCUT2D eigenvalue weighted by Crippen LogP contribution is -2.50. The van der Waals surface area contributed by atoms with Crippen molar-refractivity contribution in [1.82, 2.24) is 24.0 Å². The van der Waals surface area contributed by atoms with Gasteiger partial charge in [0, 0.05) is 32.6 Å². The van der Waals surface area contributed by atoms with E-state index in [1.54, 1.807) is 33.8 Å². The number of rotatable bonds is 5. The highest BCUT2D eigenvalue weighted by Crippen LogP contribution is 2.20. The van der Waals surface area contributed by atoms with Crippen molar-refractivity contribution in [3.63, 3.8) is 0 Å². The number of aromatic nitrogens is 3. The van der Waals surface area contributed by atoms with Crippen molar-refractivity contribution >= 4 is 15.9 Å². The number of hydrogen-bond acceptors (Lipinski definition) is 5. The van der Waals surface area contributed by atoms with Gasteiger partial charge in [0.25, 0.3) is 0 Å². The van der Waals surface area contributed by atoms with Crippen LogP contribution in [0.1, 0.15) is 36.6 Å². The first-order chi connectivity index (χ1) is 13.2. The first-order valence-corrected chi connectivity index (χ1v) is 10.9. The summed E-state index contributed by atoms with van der Waals surface area (Å²) in [5.74, 6) is 1.48. The molecular formula is C19H27N5O3S. The van der Waals surface area contributed by atoms with Crippen LogP contribution in [0.4, 0.5) is 0 Å². The molecule has 1 atom stereocenters. The van der Waals surface area contributed by atoms with Gasteiger partial charge in [-0.2, -0.15) is 9.40 Å². The maximum Gasteiger partial charge on any atom is 0.243 e. The number of carbonyl (C=O) groups is 1. The fourth-order valence-electron chi connectivity index (χ4n) is 3.46. The lowest BCUT2D eigenvalue weighted by molar-refractivity contribution is -0.133. The summed E-state index contributed by atoms with van der Waals surface area (Å²) in [5, 5.41) is 4.34. The minimum absolute atomic E-state index is 0.00689. The van der Waals surface area contributed by atoms with Crippen molar-refractivity contribution in [2.24, 2.45) is 0 Å². The van der Waals surface area contributed by atoms with E-state index in [0.29, 0.717) is 43.3 Å². The molecule has 3 rings (SSSR count). The van der Waals surface area contributed by atoms with Crippen LogP contribution in [-0.2, 0) is 14.8 Å². The highest BCUT2D eigenvalue weighted by atomic mass is 32.2. The maximum atomic E-state index is 12.8. The molecule has 1 amide bonds. The van der Waals surface area contributed by atoms with Gasteiger partial charge in [-0.15, -0.1) is 0 Å². The van der Waals surface area contributed by atoms with Gasteiger partial charge in [0.15, 0.2) is 0 Å². The van der Waals surface area contributed by atoms with Gasteiger partial charge < -0.3 is 4.90 Å². The van der Waals surface area contributed by atoms with Crippen LogP contribution in [0.2, 0.25) is 0 Å². The number of sulfonamides is 1. The third-order valence-electron chi connectivity index (χ3n) is 5.05. The van der Waals surface area contributed by atoms with Crippen LogP contribution in [0.5, 0.6) is 0 Å². The molecule has 0 N–H and O–H groups in total. The topological polar surface area (TPSA) is 88.4 Å². The molecule has 8 nitrogen and oxygen atoms in total. The molecule has 1 unspecified atom stereocenters. The molecule has 2 heterocycles. The molecule has 0 radical (unpaired) electrons. The molecule has 1 saturated heterocycles. The number of piperazine rings is 1. The number of nitrogens with zero attached hydrogens (tertiary/aromatic N) is 5. The molecule has 1 aliphatic heterocycles. The maximum absolute atomic E-state index is 12.8. The SMILES string of the molecule is Cc1ccc(S(=O)(=O)N2CCN(C(=O)CC(C)n3nc(C)nc3C)CC2)cc1. The Hall–Kier alpha value is -2.26. The fraction of sp³-hybridized carbons (Fsp3) is 0.526. The van der Waals surface area contributed by atoms with Crippen LogP contribution in [0.3, 0.4) is 0 Å². The molecule has 0 aliphatic carbocycles. The Bertz CT molecular complexity index is 944. The zero-order valence-corrected chi connectivity index (χ0v) is 17.6. The number of benzene rings is 1. The van der Waals surface area contributed by atoms with Gasteiger partial charge in [0.2, 0.25) is 15.9 Å². The van der Waals surface area contributed by atoms with Gasteiger partial charge in [-0.1, -0.05) is 17.7 Å². The zero-order chi connectivity index (χ0) is 20.5. The molecule has 1 fully saturated rings. The molecule has 1 aromatic carbocycles. The zero-order valence-electron chi connectivity index (χ0n) is 16.8. The second kappa shape index (κ2) is 8.00. The smallest absolute Gasteiger partial charge is 0.243 e. The summed E-state index contributed by atoms with van der Waals surface area (Å²) in [4.78, 5) is 19.0. The molecule has 152 valence electrons. The summed E-state index contributed by atoms with van der Waals surface area (Å²) in [6, 6.07) is 6.76. The molecular weight excluding hydrogens is 378 g/mol. The van der Waals surface area contributed by atoms with Crippen LogP contribution in [0.15, 0.2) is 29.2 Å². The Morgan fingerprint density at radius 2 is 1.68 bits per heavy atom. The minimum atomic E-state index is -3.52. The number of amides is 1. The molecule has 0 spiro atoms. The fourth-order valence-corrected chi connectivity index (χ4v) is 4.88. The predicted molar refractivity (Wildman–Crippen MR) is 105 cm³/mol.